The molecule has 3 heterocycles. The normalized spacial score (nSPS) is 16.2. The third-order valence-electron chi connectivity index (χ3n) is 5.06. The zero-order valence-corrected chi connectivity index (χ0v) is 16.3. The highest BCUT2D eigenvalue weighted by Crippen LogP contribution is 2.41. The van der Waals surface area contributed by atoms with Gasteiger partial charge in [0.05, 0.1) is 5.69 Å². The predicted molar refractivity (Wildman–Crippen MR) is 104 cm³/mol. The van der Waals surface area contributed by atoms with E-state index in [-0.39, 0.29) is 11.8 Å². The molecule has 27 heavy (non-hydrogen) atoms. The van der Waals surface area contributed by atoms with E-state index in [4.69, 9.17) is 0 Å². The molecule has 4 rings (SSSR count). The molecule has 1 aliphatic heterocycles. The van der Waals surface area contributed by atoms with Gasteiger partial charge in [-0.05, 0) is 51.8 Å². The molecule has 0 spiro atoms. The average molecular weight is 361 g/mol. The quantitative estimate of drug-likeness (QED) is 0.756. The van der Waals surface area contributed by atoms with Crippen molar-refractivity contribution < 1.29 is 4.79 Å². The number of nitrogens with one attached hydrogen (secondary N) is 1. The van der Waals surface area contributed by atoms with Crippen LogP contribution in [0.2, 0.25) is 0 Å². The van der Waals surface area contributed by atoms with Gasteiger partial charge in [0, 0.05) is 29.3 Å². The largest absolute Gasteiger partial charge is 0.310 e. The van der Waals surface area contributed by atoms with Crippen molar-refractivity contribution in [2.24, 2.45) is 0 Å². The molecule has 0 fully saturated rings. The Morgan fingerprint density at radius 2 is 1.74 bits per heavy atom. The number of aryl methyl sites for hydroxylation is 5. The van der Waals surface area contributed by atoms with E-state index in [0.29, 0.717) is 18.2 Å². The van der Waals surface area contributed by atoms with Gasteiger partial charge in [-0.15, -0.1) is 0 Å². The summed E-state index contributed by atoms with van der Waals surface area (Å²) < 4.78 is 1.66. The highest BCUT2D eigenvalue weighted by molar-refractivity contribution is 5.95. The number of carbonyl (C=O) groups is 1. The molecule has 0 bridgehead atoms. The van der Waals surface area contributed by atoms with Crippen LogP contribution in [0.5, 0.6) is 0 Å². The SMILES string of the molecule is Cc1ccc(C2CC(=O)Nc3c2c(C)nn3-c2nc(C)cc(C)n2)c(C)c1. The van der Waals surface area contributed by atoms with Gasteiger partial charge < -0.3 is 5.32 Å². The smallest absolute Gasteiger partial charge is 0.252 e. The lowest BCUT2D eigenvalue weighted by Gasteiger charge is -2.25. The standard InChI is InChI=1S/C21H23N5O/c1-11-6-7-16(12(2)8-11)17-10-18(27)24-20-19(17)15(5)25-26(20)21-22-13(3)9-14(4)23-21/h6-9,17H,10H2,1-5H3,(H,24,27). The number of anilines is 1. The summed E-state index contributed by atoms with van der Waals surface area (Å²) in [7, 11) is 0. The number of aromatic nitrogens is 4. The number of fused-ring (bicyclic) bond motifs is 1. The Hall–Kier alpha value is -3.02. The molecule has 0 radical (unpaired) electrons. The molecule has 6 nitrogen and oxygen atoms in total. The lowest BCUT2D eigenvalue weighted by atomic mass is 9.83. The van der Waals surface area contributed by atoms with E-state index in [1.54, 1.807) is 4.68 Å². The van der Waals surface area contributed by atoms with Gasteiger partial charge in [0.25, 0.3) is 5.95 Å². The monoisotopic (exact) mass is 361 g/mol. The minimum absolute atomic E-state index is 0.0157. The summed E-state index contributed by atoms with van der Waals surface area (Å²) in [5.74, 6) is 1.13. The highest BCUT2D eigenvalue weighted by Gasteiger charge is 2.33. The Balaban J connectivity index is 1.91. The predicted octanol–water partition coefficient (Wildman–Crippen LogP) is 3.68. The number of amides is 1. The van der Waals surface area contributed by atoms with E-state index in [9.17, 15) is 4.79 Å². The van der Waals surface area contributed by atoms with Crippen LogP contribution < -0.4 is 5.32 Å². The molecule has 1 atom stereocenters. The van der Waals surface area contributed by atoms with Crippen molar-refractivity contribution in [2.75, 3.05) is 5.32 Å². The van der Waals surface area contributed by atoms with Gasteiger partial charge in [0.2, 0.25) is 5.91 Å². The fraction of sp³-hybridized carbons (Fsp3) is 0.333. The first-order valence-electron chi connectivity index (χ1n) is 9.12. The fourth-order valence-electron chi connectivity index (χ4n) is 3.98. The molecule has 1 N–H and O–H groups in total. The lowest BCUT2D eigenvalue weighted by molar-refractivity contribution is -0.116. The minimum atomic E-state index is -0.0194. The van der Waals surface area contributed by atoms with Crippen molar-refractivity contribution in [3.05, 3.63) is 63.6 Å². The van der Waals surface area contributed by atoms with E-state index in [1.807, 2.05) is 26.8 Å². The van der Waals surface area contributed by atoms with E-state index in [2.05, 4.69) is 52.4 Å². The molecular weight excluding hydrogens is 338 g/mol. The van der Waals surface area contributed by atoms with Crippen molar-refractivity contribution in [1.29, 1.82) is 0 Å². The van der Waals surface area contributed by atoms with E-state index >= 15 is 0 Å². The van der Waals surface area contributed by atoms with Gasteiger partial charge in [0.1, 0.15) is 5.82 Å². The molecule has 138 valence electrons. The fourth-order valence-corrected chi connectivity index (χ4v) is 3.98. The van der Waals surface area contributed by atoms with E-state index in [0.717, 1.165) is 22.6 Å². The molecule has 0 aliphatic carbocycles. The van der Waals surface area contributed by atoms with Gasteiger partial charge in [-0.1, -0.05) is 23.8 Å². The van der Waals surface area contributed by atoms with Gasteiger partial charge >= 0.3 is 0 Å². The molecule has 0 saturated carbocycles. The Kier molecular flexibility index (Phi) is 4.06. The van der Waals surface area contributed by atoms with Crippen LogP contribution in [0.25, 0.3) is 5.95 Å². The molecule has 3 aromatic rings. The van der Waals surface area contributed by atoms with Crippen LogP contribution in [0.1, 0.15) is 51.7 Å². The Bertz CT molecular complexity index is 1050. The molecule has 1 aliphatic rings. The Labute approximate surface area is 158 Å². The third-order valence-corrected chi connectivity index (χ3v) is 5.06. The van der Waals surface area contributed by atoms with Crippen molar-refractivity contribution in [3.63, 3.8) is 0 Å². The van der Waals surface area contributed by atoms with Crippen LogP contribution in [-0.4, -0.2) is 25.7 Å². The Morgan fingerprint density at radius 1 is 1.04 bits per heavy atom. The van der Waals surface area contributed by atoms with E-state index in [1.165, 1.54) is 16.7 Å². The summed E-state index contributed by atoms with van der Waals surface area (Å²) in [5.41, 5.74) is 7.24. The first-order valence-corrected chi connectivity index (χ1v) is 9.12. The Morgan fingerprint density at radius 3 is 2.41 bits per heavy atom. The maximum atomic E-state index is 12.5. The maximum Gasteiger partial charge on any atom is 0.252 e. The molecule has 2 aromatic heterocycles. The van der Waals surface area contributed by atoms with Crippen molar-refractivity contribution in [1.82, 2.24) is 19.7 Å². The maximum absolute atomic E-state index is 12.5. The molecule has 1 unspecified atom stereocenters. The number of rotatable bonds is 2. The van der Waals surface area contributed by atoms with E-state index < -0.39 is 0 Å². The van der Waals surface area contributed by atoms with Crippen LogP contribution in [0.3, 0.4) is 0 Å². The van der Waals surface area contributed by atoms with Crippen molar-refractivity contribution in [3.8, 4) is 5.95 Å². The lowest BCUT2D eigenvalue weighted by Crippen LogP contribution is -2.25. The highest BCUT2D eigenvalue weighted by atomic mass is 16.1. The average Bonchev–Trinajstić information content (AvgIpc) is 2.90. The van der Waals surface area contributed by atoms with Crippen molar-refractivity contribution in [2.45, 2.75) is 47.0 Å². The molecular formula is C21H23N5O. The molecule has 1 amide bonds. The summed E-state index contributed by atoms with van der Waals surface area (Å²) in [6.07, 6.45) is 0.414. The van der Waals surface area contributed by atoms with Crippen LogP contribution >= 0.6 is 0 Å². The van der Waals surface area contributed by atoms with Crippen LogP contribution in [0, 0.1) is 34.6 Å². The molecule has 1 aromatic carbocycles. The second-order valence-electron chi connectivity index (χ2n) is 7.38. The summed E-state index contributed by atoms with van der Waals surface area (Å²) in [6.45, 7) is 10.0. The van der Waals surface area contributed by atoms with Crippen LogP contribution in [0.15, 0.2) is 24.3 Å². The van der Waals surface area contributed by atoms with Gasteiger partial charge in [-0.25, -0.2) is 9.97 Å². The van der Waals surface area contributed by atoms with Crippen LogP contribution in [-0.2, 0) is 4.79 Å². The summed E-state index contributed by atoms with van der Waals surface area (Å²) in [6, 6.07) is 8.31. The minimum Gasteiger partial charge on any atom is -0.310 e. The second kappa shape index (κ2) is 6.30. The number of carbonyl (C=O) groups excluding carboxylic acids is 1. The number of hydrogen-bond donors (Lipinski definition) is 1. The third kappa shape index (κ3) is 3.01. The van der Waals surface area contributed by atoms with Crippen LogP contribution in [0.4, 0.5) is 5.82 Å². The summed E-state index contributed by atoms with van der Waals surface area (Å²) in [5, 5.41) is 7.68. The first-order chi connectivity index (χ1) is 12.8. The molecule has 6 heteroatoms. The number of benzene rings is 1. The number of hydrogen-bond acceptors (Lipinski definition) is 4. The summed E-state index contributed by atoms with van der Waals surface area (Å²) in [4.78, 5) is 21.6. The first kappa shape index (κ1) is 17.4. The topological polar surface area (TPSA) is 72.7 Å². The second-order valence-corrected chi connectivity index (χ2v) is 7.38. The molecule has 0 saturated heterocycles. The van der Waals surface area contributed by atoms with Crippen molar-refractivity contribution >= 4 is 11.7 Å². The van der Waals surface area contributed by atoms with Gasteiger partial charge in [0.15, 0.2) is 0 Å². The zero-order chi connectivity index (χ0) is 19.3. The van der Waals surface area contributed by atoms with Gasteiger partial charge in [-0.2, -0.15) is 9.78 Å². The summed E-state index contributed by atoms with van der Waals surface area (Å²) >= 11 is 0. The number of nitrogens with zero attached hydrogens (tertiary/aromatic N) is 4. The van der Waals surface area contributed by atoms with Gasteiger partial charge in [-0.3, -0.25) is 4.79 Å². The zero-order valence-electron chi connectivity index (χ0n) is 16.3.